The lowest BCUT2D eigenvalue weighted by molar-refractivity contribution is -0.118. The number of nitrogens with one attached hydrogen (secondary N) is 1. The van der Waals surface area contributed by atoms with Crippen LogP contribution in [0.4, 0.5) is 0 Å². The molecule has 0 saturated carbocycles. The Morgan fingerprint density at radius 1 is 1.56 bits per heavy atom. The highest BCUT2D eigenvalue weighted by Crippen LogP contribution is 2.22. The fourth-order valence-corrected chi connectivity index (χ4v) is 2.77. The predicted molar refractivity (Wildman–Crippen MR) is 67.9 cm³/mol. The van der Waals surface area contributed by atoms with Crippen LogP contribution >= 0.6 is 23.2 Å². The zero-order valence-corrected chi connectivity index (χ0v) is 11.7. The second-order valence-electron chi connectivity index (χ2n) is 3.64. The van der Waals surface area contributed by atoms with E-state index < -0.39 is 22.0 Å². The summed E-state index contributed by atoms with van der Waals surface area (Å²) < 4.78 is 26.0. The largest absolute Gasteiger partial charge is 0.370 e. The fourth-order valence-electron chi connectivity index (χ4n) is 1.23. The molecule has 1 rings (SSSR count). The maximum Gasteiger partial charge on any atom is 0.242 e. The van der Waals surface area contributed by atoms with E-state index in [0.717, 1.165) is 6.20 Å². The van der Waals surface area contributed by atoms with E-state index in [1.54, 1.807) is 0 Å². The van der Waals surface area contributed by atoms with Crippen molar-refractivity contribution in [2.45, 2.75) is 24.3 Å². The number of hydrogen-bond acceptors (Lipinski definition) is 4. The molecule has 1 heterocycles. The van der Waals surface area contributed by atoms with Gasteiger partial charge < -0.3 is 5.73 Å². The number of nitrogens with two attached hydrogens (primary N) is 1. The van der Waals surface area contributed by atoms with Crippen molar-refractivity contribution in [1.29, 1.82) is 0 Å². The molecule has 1 aromatic rings. The number of pyridine rings is 1. The Balaban J connectivity index is 2.92. The van der Waals surface area contributed by atoms with Crippen LogP contribution in [0.25, 0.3) is 0 Å². The van der Waals surface area contributed by atoms with Gasteiger partial charge in [0, 0.05) is 18.7 Å². The van der Waals surface area contributed by atoms with Crippen LogP contribution < -0.4 is 10.5 Å². The molecule has 0 saturated heterocycles. The normalized spacial score (nSPS) is 13.3. The summed E-state index contributed by atoms with van der Waals surface area (Å²) in [6, 6.07) is 0.554. The highest BCUT2D eigenvalue weighted by Gasteiger charge is 2.19. The van der Waals surface area contributed by atoms with Crippen LogP contribution in [-0.2, 0) is 14.8 Å². The minimum atomic E-state index is -3.81. The highest BCUT2D eigenvalue weighted by molar-refractivity contribution is 7.89. The number of amides is 1. The molecule has 0 aliphatic rings. The predicted octanol–water partition coefficient (Wildman–Crippen LogP) is 0.931. The molecule has 18 heavy (non-hydrogen) atoms. The molecule has 0 spiro atoms. The van der Waals surface area contributed by atoms with Gasteiger partial charge in [-0.15, -0.1) is 0 Å². The third kappa shape index (κ3) is 4.09. The lowest BCUT2D eigenvalue weighted by atomic mass is 10.2. The lowest BCUT2D eigenvalue weighted by Gasteiger charge is -2.12. The molecule has 3 N–H and O–H groups in total. The summed E-state index contributed by atoms with van der Waals surface area (Å²) in [5.74, 6) is -0.600. The van der Waals surface area contributed by atoms with Gasteiger partial charge in [-0.05, 0) is 13.0 Å². The van der Waals surface area contributed by atoms with Crippen molar-refractivity contribution in [2.75, 3.05) is 0 Å². The number of carbonyl (C=O) groups is 1. The van der Waals surface area contributed by atoms with Gasteiger partial charge in [0.1, 0.15) is 10.0 Å². The number of primary amides is 1. The summed E-state index contributed by atoms with van der Waals surface area (Å²) in [7, 11) is -3.81. The first kappa shape index (κ1) is 15.2. The number of halogens is 2. The molecule has 1 atom stereocenters. The first-order chi connectivity index (χ1) is 8.22. The number of nitrogens with zero attached hydrogens (tertiary/aromatic N) is 1. The molecule has 0 bridgehead atoms. The number of rotatable bonds is 5. The molecule has 0 aliphatic carbocycles. The summed E-state index contributed by atoms with van der Waals surface area (Å²) in [5, 5.41) is 0.0443. The van der Waals surface area contributed by atoms with Crippen molar-refractivity contribution < 1.29 is 13.2 Å². The van der Waals surface area contributed by atoms with Gasteiger partial charge in [-0.2, -0.15) is 0 Å². The summed E-state index contributed by atoms with van der Waals surface area (Å²) in [6.45, 7) is 1.52. The SMILES string of the molecule is CC(CC(N)=O)NS(=O)(=O)c1cnc(Cl)c(Cl)c1. The molecule has 100 valence electrons. The van der Waals surface area contributed by atoms with Crippen LogP contribution in [0.2, 0.25) is 10.2 Å². The summed E-state index contributed by atoms with van der Waals surface area (Å²) in [5.41, 5.74) is 4.97. The standard InChI is InChI=1S/C9H11Cl2N3O3S/c1-5(2-8(12)15)14-18(16,17)6-3-7(10)9(11)13-4-6/h3-5,14H,2H2,1H3,(H2,12,15). The Labute approximate surface area is 115 Å². The quantitative estimate of drug-likeness (QED) is 0.790. The van der Waals surface area contributed by atoms with Crippen molar-refractivity contribution in [1.82, 2.24) is 9.71 Å². The van der Waals surface area contributed by atoms with E-state index in [4.69, 9.17) is 28.9 Å². The van der Waals surface area contributed by atoms with Crippen LogP contribution in [0.15, 0.2) is 17.2 Å². The highest BCUT2D eigenvalue weighted by atomic mass is 35.5. The average molecular weight is 312 g/mol. The topological polar surface area (TPSA) is 102 Å². The third-order valence-electron chi connectivity index (χ3n) is 1.95. The average Bonchev–Trinajstić information content (AvgIpc) is 2.19. The third-order valence-corrected chi connectivity index (χ3v) is 4.19. The van der Waals surface area contributed by atoms with Gasteiger partial charge in [0.25, 0.3) is 0 Å². The Bertz CT molecular complexity index is 562. The number of carbonyl (C=O) groups excluding carboxylic acids is 1. The molecular formula is C9H11Cl2N3O3S. The van der Waals surface area contributed by atoms with E-state index in [0.29, 0.717) is 0 Å². The van der Waals surface area contributed by atoms with E-state index in [1.807, 2.05) is 0 Å². The minimum Gasteiger partial charge on any atom is -0.370 e. The summed E-state index contributed by atoms with van der Waals surface area (Å²) in [6.07, 6.45) is 0.974. The molecular weight excluding hydrogens is 301 g/mol. The van der Waals surface area contributed by atoms with Gasteiger partial charge in [-0.25, -0.2) is 18.1 Å². The van der Waals surface area contributed by atoms with E-state index in [2.05, 4.69) is 9.71 Å². The van der Waals surface area contributed by atoms with Gasteiger partial charge >= 0.3 is 0 Å². The molecule has 6 nitrogen and oxygen atoms in total. The smallest absolute Gasteiger partial charge is 0.242 e. The van der Waals surface area contributed by atoms with Crippen molar-refractivity contribution in [2.24, 2.45) is 5.73 Å². The maximum atomic E-state index is 11.9. The second-order valence-corrected chi connectivity index (χ2v) is 6.12. The number of aromatic nitrogens is 1. The van der Waals surface area contributed by atoms with Crippen LogP contribution in [0.1, 0.15) is 13.3 Å². The molecule has 1 unspecified atom stereocenters. The summed E-state index contributed by atoms with van der Waals surface area (Å²) in [4.78, 5) is 14.2. The number of sulfonamides is 1. The van der Waals surface area contributed by atoms with Crippen molar-refractivity contribution in [3.63, 3.8) is 0 Å². The van der Waals surface area contributed by atoms with Crippen molar-refractivity contribution >= 4 is 39.1 Å². The number of hydrogen-bond donors (Lipinski definition) is 2. The second kappa shape index (κ2) is 5.83. The Morgan fingerprint density at radius 3 is 2.67 bits per heavy atom. The summed E-state index contributed by atoms with van der Waals surface area (Å²) >= 11 is 11.3. The molecule has 0 radical (unpaired) electrons. The van der Waals surface area contributed by atoms with Gasteiger partial charge in [0.05, 0.1) is 5.02 Å². The molecule has 0 aliphatic heterocycles. The van der Waals surface area contributed by atoms with E-state index in [9.17, 15) is 13.2 Å². The lowest BCUT2D eigenvalue weighted by Crippen LogP contribution is -2.35. The first-order valence-electron chi connectivity index (χ1n) is 4.84. The first-order valence-corrected chi connectivity index (χ1v) is 7.08. The molecule has 0 fully saturated rings. The Kier molecular flexibility index (Phi) is 4.92. The van der Waals surface area contributed by atoms with Gasteiger partial charge in [-0.1, -0.05) is 23.2 Å². The maximum absolute atomic E-state index is 11.9. The fraction of sp³-hybridized carbons (Fsp3) is 0.333. The van der Waals surface area contributed by atoms with Gasteiger partial charge in [0.15, 0.2) is 0 Å². The molecule has 9 heteroatoms. The van der Waals surface area contributed by atoms with Gasteiger partial charge in [0.2, 0.25) is 15.9 Å². The Morgan fingerprint density at radius 2 is 2.17 bits per heavy atom. The van der Waals surface area contributed by atoms with Crippen LogP contribution in [0.3, 0.4) is 0 Å². The monoisotopic (exact) mass is 311 g/mol. The van der Waals surface area contributed by atoms with E-state index >= 15 is 0 Å². The van der Waals surface area contributed by atoms with Crippen LogP contribution in [-0.4, -0.2) is 25.4 Å². The van der Waals surface area contributed by atoms with Crippen molar-refractivity contribution in [3.05, 3.63) is 22.4 Å². The minimum absolute atomic E-state index is 0.0146. The van der Waals surface area contributed by atoms with Gasteiger partial charge in [-0.3, -0.25) is 4.79 Å². The molecule has 1 aromatic heterocycles. The van der Waals surface area contributed by atoms with Crippen LogP contribution in [0.5, 0.6) is 0 Å². The van der Waals surface area contributed by atoms with E-state index in [1.165, 1.54) is 13.0 Å². The zero-order chi connectivity index (χ0) is 13.9. The van der Waals surface area contributed by atoms with Crippen molar-refractivity contribution in [3.8, 4) is 0 Å². The zero-order valence-electron chi connectivity index (χ0n) is 9.35. The Hall–Kier alpha value is -0.890. The molecule has 0 aromatic carbocycles. The van der Waals surface area contributed by atoms with E-state index in [-0.39, 0.29) is 21.5 Å². The molecule has 1 amide bonds. The van der Waals surface area contributed by atoms with Crippen LogP contribution in [0, 0.1) is 0 Å².